The summed E-state index contributed by atoms with van der Waals surface area (Å²) in [5.41, 5.74) is 10.9. The van der Waals surface area contributed by atoms with Crippen LogP contribution < -0.4 is 0 Å². The average Bonchev–Trinajstić information content (AvgIpc) is 3.65. The Morgan fingerprint density at radius 3 is 1.69 bits per heavy atom. The number of fused-ring (bicyclic) bond motifs is 6. The molecule has 0 saturated carbocycles. The number of rotatable bonds is 5. The van der Waals surface area contributed by atoms with E-state index in [0.29, 0.717) is 5.96 Å². The lowest BCUT2D eigenvalue weighted by atomic mass is 10.1. The van der Waals surface area contributed by atoms with Crippen molar-refractivity contribution in [3.63, 3.8) is 0 Å². The molecule has 2 heterocycles. The molecule has 0 aliphatic heterocycles. The van der Waals surface area contributed by atoms with Crippen molar-refractivity contribution in [3.05, 3.63) is 168 Å². The van der Waals surface area contributed by atoms with E-state index in [1.54, 1.807) is 0 Å². The van der Waals surface area contributed by atoms with Crippen molar-refractivity contribution in [2.45, 2.75) is 27.2 Å². The molecule has 0 saturated heterocycles. The van der Waals surface area contributed by atoms with Gasteiger partial charge in [-0.15, -0.1) is 0 Å². The molecule has 4 heteroatoms. The maximum absolute atomic E-state index is 5.49. The van der Waals surface area contributed by atoms with Crippen LogP contribution >= 0.6 is 0 Å². The average molecular weight is 621 g/mol. The number of benzene rings is 6. The largest absolute Gasteiger partial charge is 0.309 e. The third kappa shape index (κ3) is 5.03. The van der Waals surface area contributed by atoms with E-state index >= 15 is 0 Å². The zero-order valence-electron chi connectivity index (χ0n) is 27.4. The Morgan fingerprint density at radius 2 is 1.02 bits per heavy atom. The summed E-state index contributed by atoms with van der Waals surface area (Å²) in [6.07, 6.45) is 0.884. The van der Waals surface area contributed by atoms with Gasteiger partial charge in [-0.25, -0.2) is 9.98 Å². The number of hydrogen-bond acceptors (Lipinski definition) is 1. The highest BCUT2D eigenvalue weighted by atomic mass is 15.2. The molecule has 4 nitrogen and oxygen atoms in total. The van der Waals surface area contributed by atoms with Gasteiger partial charge in [0.2, 0.25) is 5.96 Å². The first-order valence-electron chi connectivity index (χ1n) is 16.6. The standard InChI is InChI=1S/C44H36N4/c1-4-30(2)43(33-20-10-6-11-21-33)46-44(45-31(3)32-18-8-5-9-19-32)48-40-27-17-15-25-36(40)38-28-41-37(29-42(38)48)35-24-14-16-26-39(35)47(41)34-22-12-7-13-23-34/h5-29H,4H2,1-3H3/b43-30?,45-31+,46-44?. The van der Waals surface area contributed by atoms with E-state index in [1.165, 1.54) is 27.4 Å². The van der Waals surface area contributed by atoms with Crippen LogP contribution in [-0.4, -0.2) is 20.8 Å². The molecule has 0 unspecified atom stereocenters. The summed E-state index contributed by atoms with van der Waals surface area (Å²) < 4.78 is 4.64. The van der Waals surface area contributed by atoms with Crippen LogP contribution in [0.5, 0.6) is 0 Å². The minimum absolute atomic E-state index is 0.639. The summed E-state index contributed by atoms with van der Waals surface area (Å²) in [6.45, 7) is 6.43. The van der Waals surface area contributed by atoms with Crippen LogP contribution in [0.2, 0.25) is 0 Å². The van der Waals surface area contributed by atoms with Crippen LogP contribution in [0.15, 0.2) is 167 Å². The highest BCUT2D eigenvalue weighted by Crippen LogP contribution is 2.38. The van der Waals surface area contributed by atoms with Crippen molar-refractivity contribution in [2.24, 2.45) is 9.98 Å². The van der Waals surface area contributed by atoms with Crippen molar-refractivity contribution in [1.29, 1.82) is 0 Å². The van der Waals surface area contributed by atoms with E-state index < -0.39 is 0 Å². The van der Waals surface area contributed by atoms with Crippen molar-refractivity contribution in [2.75, 3.05) is 0 Å². The fraction of sp³-hybridized carbons (Fsp3) is 0.0909. The number of aliphatic imine (C=N–C) groups is 2. The molecule has 0 spiro atoms. The van der Waals surface area contributed by atoms with E-state index in [2.05, 4.69) is 175 Å². The van der Waals surface area contributed by atoms with Crippen LogP contribution in [0, 0.1) is 0 Å². The summed E-state index contributed by atoms with van der Waals surface area (Å²) in [6, 6.07) is 53.5. The minimum atomic E-state index is 0.639. The lowest BCUT2D eigenvalue weighted by molar-refractivity contribution is 1.09. The first-order chi connectivity index (χ1) is 23.6. The summed E-state index contributed by atoms with van der Waals surface area (Å²) in [5, 5.41) is 4.73. The van der Waals surface area contributed by atoms with Crippen molar-refractivity contribution < 1.29 is 0 Å². The van der Waals surface area contributed by atoms with Gasteiger partial charge in [0.05, 0.1) is 27.8 Å². The molecular weight excluding hydrogens is 585 g/mol. The molecule has 232 valence electrons. The molecule has 48 heavy (non-hydrogen) atoms. The van der Waals surface area contributed by atoms with E-state index in [9.17, 15) is 0 Å². The molecule has 8 aromatic rings. The topological polar surface area (TPSA) is 34.6 Å². The Balaban J connectivity index is 1.50. The zero-order valence-corrected chi connectivity index (χ0v) is 27.4. The van der Waals surface area contributed by atoms with Gasteiger partial charge in [0.15, 0.2) is 0 Å². The predicted octanol–water partition coefficient (Wildman–Crippen LogP) is 11.4. The van der Waals surface area contributed by atoms with Gasteiger partial charge in [0, 0.05) is 38.5 Å². The smallest absolute Gasteiger partial charge is 0.235 e. The van der Waals surface area contributed by atoms with Gasteiger partial charge in [0.25, 0.3) is 0 Å². The Hall–Kier alpha value is -6.00. The number of hydrogen-bond donors (Lipinski definition) is 0. The van der Waals surface area contributed by atoms with Crippen LogP contribution in [0.25, 0.3) is 55.0 Å². The molecule has 2 aromatic heterocycles. The molecule has 0 atom stereocenters. The number of allylic oxidation sites excluding steroid dienone is 1. The second-order valence-electron chi connectivity index (χ2n) is 12.3. The van der Waals surface area contributed by atoms with Crippen molar-refractivity contribution in [3.8, 4) is 5.69 Å². The first kappa shape index (κ1) is 29.4. The second-order valence-corrected chi connectivity index (χ2v) is 12.3. The highest BCUT2D eigenvalue weighted by molar-refractivity contribution is 6.22. The molecular formula is C44H36N4. The van der Waals surface area contributed by atoms with Gasteiger partial charge in [-0.3, -0.25) is 4.57 Å². The molecule has 0 radical (unpaired) electrons. The molecule has 0 aliphatic rings. The Kier molecular flexibility index (Phi) is 7.54. The number of aromatic nitrogens is 2. The minimum Gasteiger partial charge on any atom is -0.309 e. The highest BCUT2D eigenvalue weighted by Gasteiger charge is 2.20. The third-order valence-corrected chi connectivity index (χ3v) is 9.33. The van der Waals surface area contributed by atoms with Crippen LogP contribution in [0.3, 0.4) is 0 Å². The second kappa shape index (κ2) is 12.3. The van der Waals surface area contributed by atoms with Gasteiger partial charge in [-0.1, -0.05) is 122 Å². The van der Waals surface area contributed by atoms with Crippen molar-refractivity contribution >= 4 is 61.0 Å². The molecule has 8 rings (SSSR count). The van der Waals surface area contributed by atoms with Gasteiger partial charge < -0.3 is 4.57 Å². The predicted molar refractivity (Wildman–Crippen MR) is 205 cm³/mol. The van der Waals surface area contributed by atoms with Gasteiger partial charge in [-0.2, -0.15) is 0 Å². The fourth-order valence-corrected chi connectivity index (χ4v) is 6.79. The Bertz CT molecular complexity index is 2530. The van der Waals surface area contributed by atoms with Crippen LogP contribution in [-0.2, 0) is 0 Å². The van der Waals surface area contributed by atoms with Gasteiger partial charge in [0.1, 0.15) is 0 Å². The molecule has 0 bridgehead atoms. The molecule has 0 aliphatic carbocycles. The fourth-order valence-electron chi connectivity index (χ4n) is 6.79. The van der Waals surface area contributed by atoms with E-state index in [-0.39, 0.29) is 0 Å². The molecule has 0 amide bonds. The Labute approximate surface area is 280 Å². The lowest BCUT2D eigenvalue weighted by Crippen LogP contribution is -2.13. The van der Waals surface area contributed by atoms with E-state index in [1.807, 2.05) is 6.07 Å². The number of para-hydroxylation sites is 3. The lowest BCUT2D eigenvalue weighted by Gasteiger charge is -2.13. The third-order valence-electron chi connectivity index (χ3n) is 9.33. The van der Waals surface area contributed by atoms with Crippen LogP contribution in [0.1, 0.15) is 38.3 Å². The summed E-state index contributed by atoms with van der Waals surface area (Å²) in [7, 11) is 0. The van der Waals surface area contributed by atoms with E-state index in [0.717, 1.165) is 56.4 Å². The van der Waals surface area contributed by atoms with Gasteiger partial charge in [-0.05, 0) is 67.8 Å². The maximum atomic E-state index is 5.49. The SMILES string of the molecule is CCC(C)=C(N=C(/N=C(\C)c1ccccc1)n1c2ccccc2c2cc3c(cc21)c1ccccc1n3-c1ccccc1)c1ccccc1. The monoisotopic (exact) mass is 620 g/mol. The van der Waals surface area contributed by atoms with Gasteiger partial charge >= 0.3 is 0 Å². The molecule has 0 fully saturated rings. The summed E-state index contributed by atoms with van der Waals surface area (Å²) in [4.78, 5) is 10.8. The molecule has 0 N–H and O–H groups in total. The first-order valence-corrected chi connectivity index (χ1v) is 16.6. The van der Waals surface area contributed by atoms with Crippen molar-refractivity contribution in [1.82, 2.24) is 9.13 Å². The quantitative estimate of drug-likeness (QED) is 0.136. The maximum Gasteiger partial charge on any atom is 0.235 e. The van der Waals surface area contributed by atoms with Crippen LogP contribution in [0.4, 0.5) is 0 Å². The number of nitrogens with zero attached hydrogens (tertiary/aromatic N) is 4. The summed E-state index contributed by atoms with van der Waals surface area (Å²) in [5.74, 6) is 0.639. The summed E-state index contributed by atoms with van der Waals surface area (Å²) >= 11 is 0. The molecule has 6 aromatic carbocycles. The normalized spacial score (nSPS) is 13.1. The van der Waals surface area contributed by atoms with E-state index in [4.69, 9.17) is 9.98 Å². The Morgan fingerprint density at radius 1 is 0.500 bits per heavy atom. The zero-order chi connectivity index (χ0) is 32.6.